The van der Waals surface area contributed by atoms with Crippen molar-refractivity contribution in [1.82, 2.24) is 10.2 Å². The van der Waals surface area contributed by atoms with Gasteiger partial charge in [0.2, 0.25) is 5.91 Å². The van der Waals surface area contributed by atoms with Crippen molar-refractivity contribution >= 4 is 40.7 Å². The molecule has 1 N–H and O–H groups in total. The Bertz CT molecular complexity index is 1510. The number of nitrogens with zero attached hydrogens (tertiary/aromatic N) is 2. The maximum atomic E-state index is 13.6. The number of nitrogens with one attached hydrogen (secondary N) is 1. The van der Waals surface area contributed by atoms with Crippen LogP contribution in [-0.2, 0) is 14.4 Å². The Labute approximate surface area is 242 Å². The average Bonchev–Trinajstić information content (AvgIpc) is 3.00. The maximum Gasteiger partial charge on any atom is 0.285 e. The molecule has 0 unspecified atom stereocenters. The van der Waals surface area contributed by atoms with Crippen molar-refractivity contribution in [3.05, 3.63) is 150 Å². The Balaban J connectivity index is 1.60. The third kappa shape index (κ3) is 7.43. The Morgan fingerprint density at radius 3 is 2.17 bits per heavy atom. The molecule has 0 aromatic heterocycles. The minimum atomic E-state index is -0.743. The Hall–Kier alpha value is -4.82. The quantitative estimate of drug-likeness (QED) is 0.190. The Kier molecular flexibility index (Phi) is 9.96. The van der Waals surface area contributed by atoms with Gasteiger partial charge in [-0.25, -0.2) is 4.39 Å². The van der Waals surface area contributed by atoms with Gasteiger partial charge in [0, 0.05) is 5.70 Å². The Morgan fingerprint density at radius 2 is 1.61 bits per heavy atom. The van der Waals surface area contributed by atoms with Crippen LogP contribution in [0.15, 0.2) is 132 Å². The molecule has 0 saturated heterocycles. The fourth-order valence-electron chi connectivity index (χ4n) is 4.12. The van der Waals surface area contributed by atoms with Gasteiger partial charge in [0.05, 0.1) is 11.8 Å². The molecule has 206 valence electrons. The molecule has 3 aromatic carbocycles. The zero-order valence-corrected chi connectivity index (χ0v) is 23.2. The molecule has 0 spiro atoms. The molecular weight excluding hydrogens is 537 g/mol. The van der Waals surface area contributed by atoms with Crippen molar-refractivity contribution in [2.45, 2.75) is 13.0 Å². The van der Waals surface area contributed by atoms with Crippen LogP contribution in [-0.4, -0.2) is 33.5 Å². The zero-order chi connectivity index (χ0) is 29.2. The molecule has 4 rings (SSSR count). The molecule has 0 atom stereocenters. The SMILES string of the molecule is C=C/C=C\C(=C/C)N1C(=O)/C(=C/c2ccc(F)cc2)C(=O)N=C1SCC(=O)NC(c1ccccc1)c1ccccc1. The van der Waals surface area contributed by atoms with E-state index < -0.39 is 17.6 Å². The van der Waals surface area contributed by atoms with E-state index >= 15 is 0 Å². The third-order valence-corrected chi connectivity index (χ3v) is 7.03. The lowest BCUT2D eigenvalue weighted by Crippen LogP contribution is -2.42. The van der Waals surface area contributed by atoms with Gasteiger partial charge in [-0.05, 0) is 47.9 Å². The molecule has 6 nitrogen and oxygen atoms in total. The van der Waals surface area contributed by atoms with Crippen molar-refractivity contribution in [1.29, 1.82) is 0 Å². The molecular formula is C33H28FN3O3S. The number of amidine groups is 1. The van der Waals surface area contributed by atoms with Gasteiger partial charge in [0.1, 0.15) is 11.4 Å². The summed E-state index contributed by atoms with van der Waals surface area (Å²) in [5.41, 5.74) is 2.58. The second-order valence-corrected chi connectivity index (χ2v) is 9.81. The van der Waals surface area contributed by atoms with Gasteiger partial charge in [-0.2, -0.15) is 4.99 Å². The number of halogens is 1. The molecule has 1 aliphatic heterocycles. The number of thioether (sulfide) groups is 1. The molecule has 0 saturated carbocycles. The number of hydrogen-bond donors (Lipinski definition) is 1. The molecule has 0 fully saturated rings. The van der Waals surface area contributed by atoms with Crippen molar-refractivity contribution in [3.63, 3.8) is 0 Å². The van der Waals surface area contributed by atoms with Gasteiger partial charge in [-0.1, -0.05) is 109 Å². The number of hydrogen-bond acceptors (Lipinski definition) is 4. The number of allylic oxidation sites excluding steroid dienone is 4. The van der Waals surface area contributed by atoms with Crippen molar-refractivity contribution in [3.8, 4) is 0 Å². The van der Waals surface area contributed by atoms with E-state index in [0.717, 1.165) is 22.9 Å². The summed E-state index contributed by atoms with van der Waals surface area (Å²) < 4.78 is 13.4. The maximum absolute atomic E-state index is 13.6. The highest BCUT2D eigenvalue weighted by atomic mass is 32.2. The highest BCUT2D eigenvalue weighted by Crippen LogP contribution is 2.27. The summed E-state index contributed by atoms with van der Waals surface area (Å²) >= 11 is 0.986. The molecule has 8 heteroatoms. The minimum Gasteiger partial charge on any atom is -0.344 e. The summed E-state index contributed by atoms with van der Waals surface area (Å²) in [7, 11) is 0. The highest BCUT2D eigenvalue weighted by molar-refractivity contribution is 8.14. The standard InChI is InChI=1S/C33H28FN3O3S/c1-3-5-16-27(4-2)37-32(40)28(21-23-17-19-26(34)20-18-23)31(39)36-33(37)41-22-29(38)35-30(24-12-8-6-9-13-24)25-14-10-7-11-15-25/h3-21,30H,1,22H2,2H3,(H,35,38)/b16-5-,27-4+,28-21+. The summed E-state index contributed by atoms with van der Waals surface area (Å²) in [6.45, 7) is 5.42. The van der Waals surface area contributed by atoms with Gasteiger partial charge in [0.25, 0.3) is 11.8 Å². The molecule has 0 aliphatic carbocycles. The van der Waals surface area contributed by atoms with Crippen LogP contribution in [0.4, 0.5) is 4.39 Å². The molecule has 1 aliphatic rings. The van der Waals surface area contributed by atoms with Gasteiger partial charge in [-0.15, -0.1) is 0 Å². The summed E-state index contributed by atoms with van der Waals surface area (Å²) in [5, 5.41) is 3.14. The summed E-state index contributed by atoms with van der Waals surface area (Å²) in [4.78, 5) is 45.3. The zero-order valence-electron chi connectivity index (χ0n) is 22.4. The molecule has 3 amide bonds. The van der Waals surface area contributed by atoms with Crippen LogP contribution in [0.1, 0.15) is 29.7 Å². The van der Waals surface area contributed by atoms with Gasteiger partial charge >= 0.3 is 0 Å². The van der Waals surface area contributed by atoms with Crippen molar-refractivity contribution in [2.24, 2.45) is 4.99 Å². The lowest BCUT2D eigenvalue weighted by atomic mass is 9.99. The fourth-order valence-corrected chi connectivity index (χ4v) is 4.93. The summed E-state index contributed by atoms with van der Waals surface area (Å²) in [5.74, 6) is -2.17. The third-order valence-electron chi connectivity index (χ3n) is 6.09. The van der Waals surface area contributed by atoms with Crippen molar-refractivity contribution < 1.29 is 18.8 Å². The first kappa shape index (κ1) is 29.2. The van der Waals surface area contributed by atoms with Crippen LogP contribution in [0, 0.1) is 5.82 Å². The smallest absolute Gasteiger partial charge is 0.285 e. The van der Waals surface area contributed by atoms with E-state index in [1.54, 1.807) is 31.2 Å². The van der Waals surface area contributed by atoms with E-state index in [9.17, 15) is 18.8 Å². The predicted molar refractivity (Wildman–Crippen MR) is 162 cm³/mol. The molecule has 41 heavy (non-hydrogen) atoms. The number of benzene rings is 3. The van der Waals surface area contributed by atoms with Crippen LogP contribution in [0.2, 0.25) is 0 Å². The van der Waals surface area contributed by atoms with Crippen LogP contribution >= 0.6 is 11.8 Å². The van der Waals surface area contributed by atoms with E-state index in [1.165, 1.54) is 35.2 Å². The predicted octanol–water partition coefficient (Wildman–Crippen LogP) is 6.22. The Morgan fingerprint density at radius 1 is 1.00 bits per heavy atom. The van der Waals surface area contributed by atoms with Crippen LogP contribution in [0.3, 0.4) is 0 Å². The molecule has 0 bridgehead atoms. The number of carbonyl (C=O) groups excluding carboxylic acids is 3. The lowest BCUT2D eigenvalue weighted by Gasteiger charge is -2.28. The number of aliphatic imine (C=N–C) groups is 1. The van der Waals surface area contributed by atoms with Gasteiger partial charge in [0.15, 0.2) is 5.17 Å². The second kappa shape index (κ2) is 14.0. The topological polar surface area (TPSA) is 78.8 Å². The first-order chi connectivity index (χ1) is 19.9. The van der Waals surface area contributed by atoms with E-state index in [0.29, 0.717) is 11.3 Å². The van der Waals surface area contributed by atoms with Gasteiger partial charge in [-0.3, -0.25) is 19.3 Å². The van der Waals surface area contributed by atoms with E-state index in [4.69, 9.17) is 0 Å². The molecule has 0 radical (unpaired) electrons. The molecule has 1 heterocycles. The molecule has 3 aromatic rings. The summed E-state index contributed by atoms with van der Waals surface area (Å²) in [6, 6.07) is 24.2. The normalized spacial score (nSPS) is 15.0. The number of rotatable bonds is 9. The van der Waals surface area contributed by atoms with E-state index in [1.807, 2.05) is 60.7 Å². The first-order valence-electron chi connectivity index (χ1n) is 12.8. The van der Waals surface area contributed by atoms with Gasteiger partial charge < -0.3 is 5.32 Å². The van der Waals surface area contributed by atoms with Crippen LogP contribution < -0.4 is 5.32 Å². The van der Waals surface area contributed by atoms with Crippen LogP contribution in [0.5, 0.6) is 0 Å². The number of carbonyl (C=O) groups is 3. The largest absolute Gasteiger partial charge is 0.344 e. The lowest BCUT2D eigenvalue weighted by molar-refractivity contribution is -0.126. The van der Waals surface area contributed by atoms with Crippen LogP contribution in [0.25, 0.3) is 6.08 Å². The fraction of sp³-hybridized carbons (Fsp3) is 0.0909. The monoisotopic (exact) mass is 565 g/mol. The summed E-state index contributed by atoms with van der Waals surface area (Å²) in [6.07, 6.45) is 7.95. The van der Waals surface area contributed by atoms with Crippen molar-refractivity contribution in [2.75, 3.05) is 5.75 Å². The second-order valence-electron chi connectivity index (χ2n) is 8.87. The highest BCUT2D eigenvalue weighted by Gasteiger charge is 2.35. The minimum absolute atomic E-state index is 0.0733. The van der Waals surface area contributed by atoms with E-state index in [2.05, 4.69) is 16.9 Å². The number of amides is 3. The average molecular weight is 566 g/mol. The first-order valence-corrected chi connectivity index (χ1v) is 13.8. The van der Waals surface area contributed by atoms with E-state index in [-0.39, 0.29) is 28.4 Å².